The Morgan fingerprint density at radius 1 is 1.50 bits per heavy atom. The molecular weight excluding hydrogens is 240 g/mol. The van der Waals surface area contributed by atoms with E-state index in [0.717, 1.165) is 22.9 Å². The fourth-order valence-electron chi connectivity index (χ4n) is 1.19. The maximum atomic E-state index is 11.4. The van der Waals surface area contributed by atoms with Crippen LogP contribution >= 0.6 is 0 Å². The standard InChI is InChI=1S/C11H14N2O5/c1-8(2)7-18-11(15)6-12-5-9(13(16)17)3-4-10(12)14/h3-5,8H,6-7H2,1-2H3. The highest BCUT2D eigenvalue weighted by Crippen LogP contribution is 2.06. The third-order valence-electron chi connectivity index (χ3n) is 2.06. The van der Waals surface area contributed by atoms with Crippen LogP contribution in [0.1, 0.15) is 13.8 Å². The number of nitro groups is 1. The molecule has 0 aliphatic heterocycles. The molecule has 0 aliphatic carbocycles. The van der Waals surface area contributed by atoms with E-state index in [1.54, 1.807) is 0 Å². The lowest BCUT2D eigenvalue weighted by Gasteiger charge is -2.08. The van der Waals surface area contributed by atoms with Gasteiger partial charge in [0, 0.05) is 12.1 Å². The average Bonchev–Trinajstić information content (AvgIpc) is 2.29. The molecule has 0 N–H and O–H groups in total. The van der Waals surface area contributed by atoms with Gasteiger partial charge in [0.15, 0.2) is 0 Å². The second-order valence-corrected chi connectivity index (χ2v) is 4.19. The molecule has 1 rings (SSSR count). The largest absolute Gasteiger partial charge is 0.464 e. The zero-order chi connectivity index (χ0) is 13.7. The molecule has 0 aromatic carbocycles. The molecule has 0 radical (unpaired) electrons. The predicted molar refractivity (Wildman–Crippen MR) is 63.2 cm³/mol. The Balaban J connectivity index is 2.77. The van der Waals surface area contributed by atoms with Crippen LogP contribution in [-0.2, 0) is 16.1 Å². The Bertz CT molecular complexity index is 506. The van der Waals surface area contributed by atoms with Crippen LogP contribution in [0.3, 0.4) is 0 Å². The van der Waals surface area contributed by atoms with Gasteiger partial charge in [-0.1, -0.05) is 13.8 Å². The highest BCUT2D eigenvalue weighted by molar-refractivity contribution is 5.69. The van der Waals surface area contributed by atoms with Crippen LogP contribution in [0.5, 0.6) is 0 Å². The third-order valence-corrected chi connectivity index (χ3v) is 2.06. The van der Waals surface area contributed by atoms with Crippen molar-refractivity contribution in [3.63, 3.8) is 0 Å². The summed E-state index contributed by atoms with van der Waals surface area (Å²) >= 11 is 0. The quantitative estimate of drug-likeness (QED) is 0.443. The second kappa shape index (κ2) is 5.95. The van der Waals surface area contributed by atoms with Crippen molar-refractivity contribution >= 4 is 11.7 Å². The minimum Gasteiger partial charge on any atom is -0.464 e. The highest BCUT2D eigenvalue weighted by atomic mass is 16.6. The number of hydrogen-bond donors (Lipinski definition) is 0. The summed E-state index contributed by atoms with van der Waals surface area (Å²) in [4.78, 5) is 32.7. The summed E-state index contributed by atoms with van der Waals surface area (Å²) in [6, 6.07) is 2.14. The molecule has 1 aromatic rings. The van der Waals surface area contributed by atoms with E-state index >= 15 is 0 Å². The van der Waals surface area contributed by atoms with Crippen LogP contribution in [0.4, 0.5) is 5.69 Å². The third kappa shape index (κ3) is 4.00. The zero-order valence-corrected chi connectivity index (χ0v) is 10.2. The van der Waals surface area contributed by atoms with Crippen LogP contribution < -0.4 is 5.56 Å². The number of esters is 1. The number of pyridine rings is 1. The van der Waals surface area contributed by atoms with Crippen molar-refractivity contribution < 1.29 is 14.5 Å². The Morgan fingerprint density at radius 3 is 2.72 bits per heavy atom. The second-order valence-electron chi connectivity index (χ2n) is 4.19. The van der Waals surface area contributed by atoms with Crippen molar-refractivity contribution in [2.75, 3.05) is 6.61 Å². The Kier molecular flexibility index (Phi) is 4.59. The molecule has 98 valence electrons. The van der Waals surface area contributed by atoms with E-state index in [1.165, 1.54) is 0 Å². The summed E-state index contributed by atoms with van der Waals surface area (Å²) in [6.45, 7) is 3.69. The number of carbonyl (C=O) groups excluding carboxylic acids is 1. The Hall–Kier alpha value is -2.18. The molecule has 0 atom stereocenters. The van der Waals surface area contributed by atoms with E-state index in [2.05, 4.69) is 0 Å². The molecule has 7 heteroatoms. The van der Waals surface area contributed by atoms with E-state index < -0.39 is 16.5 Å². The Morgan fingerprint density at radius 2 is 2.17 bits per heavy atom. The van der Waals surface area contributed by atoms with Gasteiger partial charge in [-0.2, -0.15) is 0 Å². The molecule has 0 saturated heterocycles. The lowest BCUT2D eigenvalue weighted by Crippen LogP contribution is -2.25. The monoisotopic (exact) mass is 254 g/mol. The number of carbonyl (C=O) groups is 1. The molecule has 0 fully saturated rings. The SMILES string of the molecule is CC(C)COC(=O)Cn1cc([N+](=O)[O-])ccc1=O. The van der Waals surface area contributed by atoms with Gasteiger partial charge >= 0.3 is 5.97 Å². The van der Waals surface area contributed by atoms with Crippen molar-refractivity contribution in [3.05, 3.63) is 38.8 Å². The zero-order valence-electron chi connectivity index (χ0n) is 10.2. The molecule has 18 heavy (non-hydrogen) atoms. The van der Waals surface area contributed by atoms with Crippen LogP contribution in [-0.4, -0.2) is 22.1 Å². The number of rotatable bonds is 5. The van der Waals surface area contributed by atoms with E-state index in [9.17, 15) is 19.7 Å². The molecule has 0 amide bonds. The van der Waals surface area contributed by atoms with Crippen molar-refractivity contribution in [2.45, 2.75) is 20.4 Å². The summed E-state index contributed by atoms with van der Waals surface area (Å²) in [5.74, 6) is -0.401. The summed E-state index contributed by atoms with van der Waals surface area (Å²) in [7, 11) is 0. The van der Waals surface area contributed by atoms with Gasteiger partial charge in [-0.25, -0.2) is 0 Å². The number of hydrogen-bond acceptors (Lipinski definition) is 5. The van der Waals surface area contributed by atoms with E-state index in [1.807, 2.05) is 13.8 Å². The topological polar surface area (TPSA) is 91.4 Å². The highest BCUT2D eigenvalue weighted by Gasteiger charge is 2.11. The predicted octanol–water partition coefficient (Wildman–Crippen LogP) is 0.956. The van der Waals surface area contributed by atoms with Crippen molar-refractivity contribution in [1.29, 1.82) is 0 Å². The van der Waals surface area contributed by atoms with Gasteiger partial charge in [-0.05, 0) is 5.92 Å². The first-order valence-corrected chi connectivity index (χ1v) is 5.40. The van der Waals surface area contributed by atoms with Crippen molar-refractivity contribution in [3.8, 4) is 0 Å². The molecule has 1 aromatic heterocycles. The molecule has 7 nitrogen and oxygen atoms in total. The first kappa shape index (κ1) is 13.9. The number of nitrogens with zero attached hydrogens (tertiary/aromatic N) is 2. The van der Waals surface area contributed by atoms with Gasteiger partial charge in [0.25, 0.3) is 11.2 Å². The summed E-state index contributed by atoms with van der Waals surface area (Å²) in [5, 5.41) is 10.5. The lowest BCUT2D eigenvalue weighted by atomic mass is 10.2. The molecule has 0 aliphatic rings. The first-order valence-electron chi connectivity index (χ1n) is 5.40. The molecule has 0 spiro atoms. The molecule has 0 saturated carbocycles. The van der Waals surface area contributed by atoms with E-state index in [4.69, 9.17) is 4.74 Å². The van der Waals surface area contributed by atoms with E-state index in [0.29, 0.717) is 0 Å². The van der Waals surface area contributed by atoms with E-state index in [-0.39, 0.29) is 24.8 Å². The lowest BCUT2D eigenvalue weighted by molar-refractivity contribution is -0.385. The normalized spacial score (nSPS) is 10.4. The minimum atomic E-state index is -0.630. The number of ether oxygens (including phenoxy) is 1. The van der Waals surface area contributed by atoms with Crippen LogP contribution in [0, 0.1) is 16.0 Å². The average molecular weight is 254 g/mol. The minimum absolute atomic E-state index is 0.191. The van der Waals surface area contributed by atoms with Crippen LogP contribution in [0.15, 0.2) is 23.1 Å². The Labute approximate surface area is 103 Å². The molecule has 1 heterocycles. The molecule has 0 bridgehead atoms. The van der Waals surface area contributed by atoms with Gasteiger partial charge in [-0.15, -0.1) is 0 Å². The fraction of sp³-hybridized carbons (Fsp3) is 0.455. The van der Waals surface area contributed by atoms with Gasteiger partial charge in [0.1, 0.15) is 6.54 Å². The maximum absolute atomic E-state index is 11.4. The molecule has 0 unspecified atom stereocenters. The smallest absolute Gasteiger partial charge is 0.326 e. The van der Waals surface area contributed by atoms with Gasteiger partial charge in [0.05, 0.1) is 17.7 Å². The molecular formula is C11H14N2O5. The van der Waals surface area contributed by atoms with Crippen LogP contribution in [0.2, 0.25) is 0 Å². The summed E-state index contributed by atoms with van der Waals surface area (Å²) in [5.41, 5.74) is -0.728. The van der Waals surface area contributed by atoms with Gasteiger partial charge in [-0.3, -0.25) is 24.3 Å². The first-order chi connectivity index (χ1) is 8.40. The maximum Gasteiger partial charge on any atom is 0.326 e. The van der Waals surface area contributed by atoms with Gasteiger partial charge < -0.3 is 4.74 Å². The fourth-order valence-corrected chi connectivity index (χ4v) is 1.19. The number of aromatic nitrogens is 1. The van der Waals surface area contributed by atoms with Crippen molar-refractivity contribution in [1.82, 2.24) is 4.57 Å². The summed E-state index contributed by atoms with van der Waals surface area (Å²) < 4.78 is 5.85. The van der Waals surface area contributed by atoms with Crippen molar-refractivity contribution in [2.24, 2.45) is 5.92 Å². The van der Waals surface area contributed by atoms with Crippen LogP contribution in [0.25, 0.3) is 0 Å². The summed E-state index contributed by atoms with van der Waals surface area (Å²) in [6.07, 6.45) is 1.03. The van der Waals surface area contributed by atoms with Gasteiger partial charge in [0.2, 0.25) is 0 Å².